The lowest BCUT2D eigenvalue weighted by Gasteiger charge is -2.14. The van der Waals surface area contributed by atoms with Crippen molar-refractivity contribution < 1.29 is 0 Å². The Morgan fingerprint density at radius 1 is 0.395 bits per heavy atom. The number of benzene rings is 6. The molecule has 2 nitrogen and oxygen atoms in total. The zero-order valence-corrected chi connectivity index (χ0v) is 20.9. The van der Waals surface area contributed by atoms with Gasteiger partial charge in [-0.3, -0.25) is 0 Å². The van der Waals surface area contributed by atoms with Crippen molar-refractivity contribution in [2.75, 3.05) is 5.32 Å². The van der Waals surface area contributed by atoms with Crippen molar-refractivity contribution in [2.45, 2.75) is 0 Å². The predicted molar refractivity (Wildman–Crippen MR) is 161 cm³/mol. The van der Waals surface area contributed by atoms with E-state index < -0.39 is 0 Å². The van der Waals surface area contributed by atoms with Crippen LogP contribution < -0.4 is 5.32 Å². The van der Waals surface area contributed by atoms with Crippen LogP contribution in [0.4, 0.5) is 11.4 Å². The molecule has 0 bridgehead atoms. The molecule has 0 aliphatic carbocycles. The van der Waals surface area contributed by atoms with Crippen LogP contribution in [0.5, 0.6) is 0 Å². The van der Waals surface area contributed by atoms with Gasteiger partial charge in [-0.2, -0.15) is 0 Å². The quantitative estimate of drug-likeness (QED) is 0.256. The molecule has 1 heterocycles. The van der Waals surface area contributed by atoms with Crippen molar-refractivity contribution in [3.8, 4) is 27.9 Å². The van der Waals surface area contributed by atoms with E-state index in [2.05, 4.69) is 143 Å². The van der Waals surface area contributed by atoms with E-state index in [-0.39, 0.29) is 0 Å². The van der Waals surface area contributed by atoms with E-state index in [0.717, 1.165) is 11.4 Å². The summed E-state index contributed by atoms with van der Waals surface area (Å²) in [6, 6.07) is 53.8. The molecule has 0 radical (unpaired) electrons. The number of aromatic nitrogens is 1. The standard InChI is InChI=1S/C36H26N2/c1-3-11-27(12-4-1)31-15-7-9-17-34(31)38-35-18-10-8-16-32(35)33-25-28(21-24-36(33)38)26-19-22-30(23-20-26)37-29-13-5-2-6-14-29/h1-25,37H. The lowest BCUT2D eigenvalue weighted by molar-refractivity contribution is 1.18. The van der Waals surface area contributed by atoms with E-state index in [0.29, 0.717) is 0 Å². The van der Waals surface area contributed by atoms with Gasteiger partial charge < -0.3 is 9.88 Å². The largest absolute Gasteiger partial charge is 0.356 e. The fourth-order valence-corrected chi connectivity index (χ4v) is 5.38. The predicted octanol–water partition coefficient (Wildman–Crippen LogP) is 9.86. The summed E-state index contributed by atoms with van der Waals surface area (Å²) in [6.07, 6.45) is 0. The molecule has 2 heteroatoms. The first-order valence-electron chi connectivity index (χ1n) is 13.0. The molecule has 0 saturated carbocycles. The Hall–Kier alpha value is -5.08. The van der Waals surface area contributed by atoms with Gasteiger partial charge in [-0.1, -0.05) is 103 Å². The third-order valence-corrected chi connectivity index (χ3v) is 7.18. The molecule has 6 aromatic carbocycles. The van der Waals surface area contributed by atoms with E-state index in [1.54, 1.807) is 0 Å². The van der Waals surface area contributed by atoms with Crippen LogP contribution >= 0.6 is 0 Å². The van der Waals surface area contributed by atoms with Gasteiger partial charge in [0.25, 0.3) is 0 Å². The lowest BCUT2D eigenvalue weighted by atomic mass is 10.0. The summed E-state index contributed by atoms with van der Waals surface area (Å²) < 4.78 is 2.41. The summed E-state index contributed by atoms with van der Waals surface area (Å²) in [7, 11) is 0. The molecule has 0 unspecified atom stereocenters. The summed E-state index contributed by atoms with van der Waals surface area (Å²) in [5.74, 6) is 0. The number of nitrogens with zero attached hydrogens (tertiary/aromatic N) is 1. The van der Waals surface area contributed by atoms with Gasteiger partial charge in [0.15, 0.2) is 0 Å². The third-order valence-electron chi connectivity index (χ3n) is 7.18. The number of nitrogens with one attached hydrogen (secondary N) is 1. The Balaban J connectivity index is 1.34. The first-order chi connectivity index (χ1) is 18.8. The Morgan fingerprint density at radius 2 is 1.00 bits per heavy atom. The minimum Gasteiger partial charge on any atom is -0.356 e. The summed E-state index contributed by atoms with van der Waals surface area (Å²) >= 11 is 0. The van der Waals surface area contributed by atoms with E-state index >= 15 is 0 Å². The molecule has 0 aliphatic rings. The van der Waals surface area contributed by atoms with Crippen molar-refractivity contribution in [2.24, 2.45) is 0 Å². The molecule has 38 heavy (non-hydrogen) atoms. The fraction of sp³-hybridized carbons (Fsp3) is 0. The van der Waals surface area contributed by atoms with Gasteiger partial charge in [0, 0.05) is 27.7 Å². The normalized spacial score (nSPS) is 11.2. The van der Waals surface area contributed by atoms with Gasteiger partial charge in [-0.25, -0.2) is 0 Å². The minimum atomic E-state index is 1.08. The van der Waals surface area contributed by atoms with Gasteiger partial charge in [0.1, 0.15) is 0 Å². The van der Waals surface area contributed by atoms with Crippen LogP contribution in [0.3, 0.4) is 0 Å². The van der Waals surface area contributed by atoms with Gasteiger partial charge in [0.05, 0.1) is 16.7 Å². The summed E-state index contributed by atoms with van der Waals surface area (Å²) in [5, 5.41) is 5.99. The van der Waals surface area contributed by atoms with Crippen LogP contribution in [0.2, 0.25) is 0 Å². The van der Waals surface area contributed by atoms with Crippen molar-refractivity contribution in [1.29, 1.82) is 0 Å². The van der Waals surface area contributed by atoms with Crippen LogP contribution in [0.15, 0.2) is 152 Å². The van der Waals surface area contributed by atoms with Crippen LogP contribution in [0, 0.1) is 0 Å². The van der Waals surface area contributed by atoms with Gasteiger partial charge in [0.2, 0.25) is 0 Å². The van der Waals surface area contributed by atoms with E-state index in [4.69, 9.17) is 0 Å². The number of hydrogen-bond donors (Lipinski definition) is 1. The van der Waals surface area contributed by atoms with Crippen LogP contribution in [0.25, 0.3) is 49.7 Å². The molecule has 0 saturated heterocycles. The summed E-state index contributed by atoms with van der Waals surface area (Å²) in [6.45, 7) is 0. The lowest BCUT2D eigenvalue weighted by Crippen LogP contribution is -1.97. The van der Waals surface area contributed by atoms with Gasteiger partial charge in [-0.05, 0) is 65.2 Å². The second-order valence-corrected chi connectivity index (χ2v) is 9.54. The van der Waals surface area contributed by atoms with E-state index in [9.17, 15) is 0 Å². The molecule has 180 valence electrons. The molecule has 0 fully saturated rings. The number of fused-ring (bicyclic) bond motifs is 3. The van der Waals surface area contributed by atoms with Crippen molar-refractivity contribution in [1.82, 2.24) is 4.57 Å². The van der Waals surface area contributed by atoms with Crippen molar-refractivity contribution in [3.05, 3.63) is 152 Å². The van der Waals surface area contributed by atoms with Gasteiger partial charge in [-0.15, -0.1) is 0 Å². The summed E-state index contributed by atoms with van der Waals surface area (Å²) in [4.78, 5) is 0. The van der Waals surface area contributed by atoms with Crippen molar-refractivity contribution >= 4 is 33.2 Å². The molecular formula is C36H26N2. The third kappa shape index (κ3) is 3.93. The second kappa shape index (κ2) is 9.42. The first-order valence-corrected chi connectivity index (χ1v) is 13.0. The molecule has 7 rings (SSSR count). The number of hydrogen-bond acceptors (Lipinski definition) is 1. The zero-order valence-electron chi connectivity index (χ0n) is 20.9. The highest BCUT2D eigenvalue weighted by Crippen LogP contribution is 2.38. The molecule has 0 amide bonds. The minimum absolute atomic E-state index is 1.08. The Bertz CT molecular complexity index is 1860. The highest BCUT2D eigenvalue weighted by molar-refractivity contribution is 6.11. The maximum Gasteiger partial charge on any atom is 0.0541 e. The number of anilines is 2. The summed E-state index contributed by atoms with van der Waals surface area (Å²) in [5.41, 5.74) is 10.6. The van der Waals surface area contributed by atoms with Crippen LogP contribution in [0.1, 0.15) is 0 Å². The molecule has 0 spiro atoms. The molecule has 0 aliphatic heterocycles. The smallest absolute Gasteiger partial charge is 0.0541 e. The highest BCUT2D eigenvalue weighted by atomic mass is 15.0. The topological polar surface area (TPSA) is 17.0 Å². The maximum absolute atomic E-state index is 3.47. The van der Waals surface area contributed by atoms with Gasteiger partial charge >= 0.3 is 0 Å². The molecule has 1 aromatic heterocycles. The number of rotatable bonds is 5. The van der Waals surface area contributed by atoms with Crippen LogP contribution in [-0.4, -0.2) is 4.57 Å². The van der Waals surface area contributed by atoms with E-state index in [1.165, 1.54) is 49.7 Å². The molecule has 1 N–H and O–H groups in total. The van der Waals surface area contributed by atoms with Crippen molar-refractivity contribution in [3.63, 3.8) is 0 Å². The molecule has 0 atom stereocenters. The Labute approximate surface area is 222 Å². The molecular weight excluding hydrogens is 460 g/mol. The van der Waals surface area contributed by atoms with Crippen LogP contribution in [-0.2, 0) is 0 Å². The maximum atomic E-state index is 3.47. The second-order valence-electron chi connectivity index (χ2n) is 9.54. The highest BCUT2D eigenvalue weighted by Gasteiger charge is 2.16. The fourth-order valence-electron chi connectivity index (χ4n) is 5.38. The van der Waals surface area contributed by atoms with E-state index in [1.807, 2.05) is 18.2 Å². The first kappa shape index (κ1) is 22.1. The average molecular weight is 487 g/mol. The number of para-hydroxylation sites is 3. The monoisotopic (exact) mass is 486 g/mol. The average Bonchev–Trinajstić information content (AvgIpc) is 3.32. The SMILES string of the molecule is c1ccc(Nc2ccc(-c3ccc4c(c3)c3ccccc3n4-c3ccccc3-c3ccccc3)cc2)cc1. The Morgan fingerprint density at radius 3 is 1.82 bits per heavy atom. The zero-order chi connectivity index (χ0) is 25.3. The molecule has 7 aromatic rings. The Kier molecular flexibility index (Phi) is 5.49.